The first-order valence-electron chi connectivity index (χ1n) is 6.67. The molecule has 0 amide bonds. The van der Waals surface area contributed by atoms with E-state index in [0.29, 0.717) is 11.7 Å². The molecule has 0 aliphatic rings. The molecule has 0 radical (unpaired) electrons. The Morgan fingerprint density at radius 2 is 1.95 bits per heavy atom. The second kappa shape index (κ2) is 5.65. The molecule has 0 bridgehead atoms. The summed E-state index contributed by atoms with van der Waals surface area (Å²) >= 11 is 0. The molecule has 0 aliphatic carbocycles. The van der Waals surface area contributed by atoms with Gasteiger partial charge in [0.25, 0.3) is 0 Å². The Morgan fingerprint density at radius 1 is 1.10 bits per heavy atom. The van der Waals surface area contributed by atoms with Gasteiger partial charge in [-0.3, -0.25) is 4.98 Å². The minimum absolute atomic E-state index is 0.133. The maximum atomic E-state index is 5.44. The molecule has 0 saturated carbocycles. The number of aromatic nitrogens is 3. The van der Waals surface area contributed by atoms with E-state index in [2.05, 4.69) is 34.2 Å². The summed E-state index contributed by atoms with van der Waals surface area (Å²) in [4.78, 5) is 8.58. The molecule has 1 atom stereocenters. The van der Waals surface area contributed by atoms with Crippen molar-refractivity contribution in [3.63, 3.8) is 0 Å². The lowest BCUT2D eigenvalue weighted by Crippen LogP contribution is -1.99. The summed E-state index contributed by atoms with van der Waals surface area (Å²) in [6.07, 6.45) is 4.38. The van der Waals surface area contributed by atoms with Crippen molar-refractivity contribution < 1.29 is 4.52 Å². The first-order valence-corrected chi connectivity index (χ1v) is 6.67. The molecule has 0 saturated heterocycles. The summed E-state index contributed by atoms with van der Waals surface area (Å²) in [5.74, 6) is 1.37. The number of hydrogen-bond acceptors (Lipinski definition) is 4. The molecule has 0 aliphatic heterocycles. The molecule has 0 unspecified atom stereocenters. The van der Waals surface area contributed by atoms with Gasteiger partial charge in [-0.2, -0.15) is 4.98 Å². The number of benzene rings is 1. The van der Waals surface area contributed by atoms with Gasteiger partial charge in [0.15, 0.2) is 0 Å². The second-order valence-corrected chi connectivity index (χ2v) is 4.57. The molecule has 4 nitrogen and oxygen atoms in total. The van der Waals surface area contributed by atoms with Gasteiger partial charge in [0.2, 0.25) is 11.7 Å². The third-order valence-electron chi connectivity index (χ3n) is 3.27. The lowest BCUT2D eigenvalue weighted by molar-refractivity contribution is 0.363. The molecule has 100 valence electrons. The van der Waals surface area contributed by atoms with Crippen molar-refractivity contribution in [3.8, 4) is 11.4 Å². The topological polar surface area (TPSA) is 51.8 Å². The third kappa shape index (κ3) is 2.45. The fourth-order valence-electron chi connectivity index (χ4n) is 2.23. The van der Waals surface area contributed by atoms with Gasteiger partial charge < -0.3 is 4.52 Å². The molecule has 3 aromatic rings. The van der Waals surface area contributed by atoms with Crippen molar-refractivity contribution in [1.82, 2.24) is 15.1 Å². The molecule has 2 heterocycles. The van der Waals surface area contributed by atoms with Gasteiger partial charge in [0, 0.05) is 18.0 Å². The predicted molar refractivity (Wildman–Crippen MR) is 76.1 cm³/mol. The average Bonchev–Trinajstić information content (AvgIpc) is 3.00. The minimum Gasteiger partial charge on any atom is -0.338 e. The Bertz CT molecular complexity index is 664. The highest BCUT2D eigenvalue weighted by Crippen LogP contribution is 2.27. The summed E-state index contributed by atoms with van der Waals surface area (Å²) in [6.45, 7) is 2.12. The lowest BCUT2D eigenvalue weighted by atomic mass is 9.96. The molecular formula is C16H15N3O. The van der Waals surface area contributed by atoms with Gasteiger partial charge in [-0.25, -0.2) is 0 Å². The molecule has 20 heavy (non-hydrogen) atoms. The van der Waals surface area contributed by atoms with Gasteiger partial charge in [-0.15, -0.1) is 0 Å². The highest BCUT2D eigenvalue weighted by Gasteiger charge is 2.19. The fraction of sp³-hybridized carbons (Fsp3) is 0.188. The van der Waals surface area contributed by atoms with Crippen LogP contribution in [0, 0.1) is 0 Å². The van der Waals surface area contributed by atoms with E-state index in [0.717, 1.165) is 12.0 Å². The molecule has 2 aromatic heterocycles. The van der Waals surface area contributed by atoms with Crippen LogP contribution in [0.1, 0.15) is 30.7 Å². The standard InChI is InChI=1S/C16H15N3O/c1-2-14(12-7-4-3-5-8-12)16-18-15(19-20-16)13-9-6-10-17-11-13/h3-11,14H,2H2,1H3/t14-/m0/s1. The van der Waals surface area contributed by atoms with E-state index in [-0.39, 0.29) is 5.92 Å². The molecule has 0 fully saturated rings. The van der Waals surface area contributed by atoms with Gasteiger partial charge in [-0.1, -0.05) is 42.4 Å². The van der Waals surface area contributed by atoms with Crippen molar-refractivity contribution in [2.24, 2.45) is 0 Å². The number of nitrogens with zero attached hydrogens (tertiary/aromatic N) is 3. The molecule has 1 aromatic carbocycles. The van der Waals surface area contributed by atoms with E-state index in [1.807, 2.05) is 30.3 Å². The van der Waals surface area contributed by atoms with Crippen LogP contribution in [0.4, 0.5) is 0 Å². The highest BCUT2D eigenvalue weighted by atomic mass is 16.5. The zero-order valence-electron chi connectivity index (χ0n) is 11.2. The predicted octanol–water partition coefficient (Wildman–Crippen LogP) is 3.67. The van der Waals surface area contributed by atoms with Crippen LogP contribution < -0.4 is 0 Å². The van der Waals surface area contributed by atoms with Gasteiger partial charge in [-0.05, 0) is 24.1 Å². The molecule has 0 N–H and O–H groups in total. The monoisotopic (exact) mass is 265 g/mol. The van der Waals surface area contributed by atoms with Crippen molar-refractivity contribution in [2.75, 3.05) is 0 Å². The highest BCUT2D eigenvalue weighted by molar-refractivity contribution is 5.52. The summed E-state index contributed by atoms with van der Waals surface area (Å²) in [5.41, 5.74) is 2.06. The van der Waals surface area contributed by atoms with Crippen LogP contribution in [0.2, 0.25) is 0 Å². The van der Waals surface area contributed by atoms with E-state index in [1.54, 1.807) is 12.4 Å². The quantitative estimate of drug-likeness (QED) is 0.722. The van der Waals surface area contributed by atoms with Crippen LogP contribution in [-0.2, 0) is 0 Å². The summed E-state index contributed by atoms with van der Waals surface area (Å²) in [5, 5.41) is 4.05. The Hall–Kier alpha value is -2.49. The van der Waals surface area contributed by atoms with Crippen LogP contribution in [0.5, 0.6) is 0 Å². The average molecular weight is 265 g/mol. The van der Waals surface area contributed by atoms with Crippen molar-refractivity contribution in [1.29, 1.82) is 0 Å². The maximum Gasteiger partial charge on any atom is 0.234 e. The zero-order valence-corrected chi connectivity index (χ0v) is 11.2. The molecule has 4 heteroatoms. The van der Waals surface area contributed by atoms with E-state index in [4.69, 9.17) is 4.52 Å². The zero-order chi connectivity index (χ0) is 13.8. The number of rotatable bonds is 4. The first-order chi connectivity index (χ1) is 9.88. The van der Waals surface area contributed by atoms with E-state index >= 15 is 0 Å². The van der Waals surface area contributed by atoms with Gasteiger partial charge in [0.05, 0.1) is 5.92 Å². The van der Waals surface area contributed by atoms with E-state index in [9.17, 15) is 0 Å². The Labute approximate surface area is 117 Å². The number of pyridine rings is 1. The van der Waals surface area contributed by atoms with Gasteiger partial charge >= 0.3 is 0 Å². The van der Waals surface area contributed by atoms with E-state index in [1.165, 1.54) is 5.56 Å². The van der Waals surface area contributed by atoms with Crippen LogP contribution in [0.25, 0.3) is 11.4 Å². The summed E-state index contributed by atoms with van der Waals surface area (Å²) in [6, 6.07) is 14.0. The summed E-state index contributed by atoms with van der Waals surface area (Å²) < 4.78 is 5.44. The number of hydrogen-bond donors (Lipinski definition) is 0. The van der Waals surface area contributed by atoms with Crippen molar-refractivity contribution in [3.05, 3.63) is 66.3 Å². The summed E-state index contributed by atoms with van der Waals surface area (Å²) in [7, 11) is 0. The Kier molecular flexibility index (Phi) is 3.54. The molecule has 0 spiro atoms. The van der Waals surface area contributed by atoms with Crippen LogP contribution in [-0.4, -0.2) is 15.1 Å². The fourth-order valence-corrected chi connectivity index (χ4v) is 2.23. The van der Waals surface area contributed by atoms with Crippen molar-refractivity contribution >= 4 is 0 Å². The Balaban J connectivity index is 1.93. The maximum absolute atomic E-state index is 5.44. The molecular weight excluding hydrogens is 250 g/mol. The SMILES string of the molecule is CC[C@@H](c1ccccc1)c1nc(-c2cccnc2)no1. The Morgan fingerprint density at radius 3 is 2.65 bits per heavy atom. The van der Waals surface area contributed by atoms with Crippen molar-refractivity contribution in [2.45, 2.75) is 19.3 Å². The smallest absolute Gasteiger partial charge is 0.234 e. The van der Waals surface area contributed by atoms with Crippen LogP contribution in [0.3, 0.4) is 0 Å². The van der Waals surface area contributed by atoms with Gasteiger partial charge in [0.1, 0.15) is 0 Å². The third-order valence-corrected chi connectivity index (χ3v) is 3.27. The van der Waals surface area contributed by atoms with Crippen LogP contribution >= 0.6 is 0 Å². The largest absolute Gasteiger partial charge is 0.338 e. The van der Waals surface area contributed by atoms with E-state index < -0.39 is 0 Å². The minimum atomic E-state index is 0.133. The molecule has 3 rings (SSSR count). The van der Waals surface area contributed by atoms with Crippen LogP contribution in [0.15, 0.2) is 59.4 Å². The first kappa shape index (κ1) is 12.5. The lowest BCUT2D eigenvalue weighted by Gasteiger charge is -2.09. The normalized spacial score (nSPS) is 12.2. The second-order valence-electron chi connectivity index (χ2n) is 4.57.